The van der Waals surface area contributed by atoms with Crippen LogP contribution in [0.1, 0.15) is 25.5 Å². The molecule has 1 saturated heterocycles. The fraction of sp³-hybridized carbons (Fsp3) is 0.333. The molecule has 0 saturated carbocycles. The number of carbonyl (C=O) groups is 1. The minimum Gasteiger partial charge on any atom is -0.456 e. The second-order valence-electron chi connectivity index (χ2n) is 8.96. The van der Waals surface area contributed by atoms with Crippen LogP contribution in [0.15, 0.2) is 58.5 Å². The zero-order chi connectivity index (χ0) is 25.1. The van der Waals surface area contributed by atoms with Crippen molar-refractivity contribution < 1.29 is 24.2 Å². The fourth-order valence-corrected chi connectivity index (χ4v) is 4.18. The molecule has 1 aliphatic rings. The Morgan fingerprint density at radius 1 is 1.11 bits per heavy atom. The summed E-state index contributed by atoms with van der Waals surface area (Å²) in [5, 5.41) is 33.9. The van der Waals surface area contributed by atoms with Gasteiger partial charge in [0, 0.05) is 50.3 Å². The summed E-state index contributed by atoms with van der Waals surface area (Å²) in [5.74, 6) is 0.493. The van der Waals surface area contributed by atoms with Crippen LogP contribution in [0.3, 0.4) is 0 Å². The second-order valence-corrected chi connectivity index (χ2v) is 8.96. The lowest BCUT2D eigenvalue weighted by Gasteiger charge is -2.30. The molecule has 3 unspecified atom stereocenters. The van der Waals surface area contributed by atoms with Crippen molar-refractivity contribution in [2.24, 2.45) is 0 Å². The van der Waals surface area contributed by atoms with Gasteiger partial charge in [0.15, 0.2) is 6.29 Å². The first-order valence-corrected chi connectivity index (χ1v) is 11.5. The molecular weight excluding hydrogens is 446 g/mol. The van der Waals surface area contributed by atoms with Gasteiger partial charge in [-0.2, -0.15) is 5.26 Å². The summed E-state index contributed by atoms with van der Waals surface area (Å²) in [7, 11) is 4.01. The number of amides is 1. The number of aliphatic hydroxyl groups excluding tert-OH is 2. The molecule has 1 aliphatic heterocycles. The fourth-order valence-electron chi connectivity index (χ4n) is 4.18. The maximum absolute atomic E-state index is 12.7. The van der Waals surface area contributed by atoms with E-state index >= 15 is 0 Å². The monoisotopic (exact) mass is 475 g/mol. The molecule has 3 N–H and O–H groups in total. The van der Waals surface area contributed by atoms with Crippen molar-refractivity contribution >= 4 is 27.9 Å². The SMILES string of the molecule is C/C(=C(/C#N)C(=O)NCC1CC(O)CC(O)O1)c1ccc(-c2ccc3cc(N(C)C)ccc3c2)o1. The number of nitrogens with zero attached hydrogens (tertiary/aromatic N) is 2. The highest BCUT2D eigenvalue weighted by molar-refractivity contribution is 6.04. The number of fused-ring (bicyclic) bond motifs is 1. The molecule has 8 heteroatoms. The van der Waals surface area contributed by atoms with E-state index in [0.717, 1.165) is 22.0 Å². The number of aliphatic hydroxyl groups is 2. The lowest BCUT2D eigenvalue weighted by Crippen LogP contribution is -2.42. The Morgan fingerprint density at radius 2 is 1.86 bits per heavy atom. The molecule has 0 radical (unpaired) electrons. The summed E-state index contributed by atoms with van der Waals surface area (Å²) >= 11 is 0. The Hall–Kier alpha value is -3.64. The molecule has 1 amide bonds. The first-order chi connectivity index (χ1) is 16.7. The first kappa shape index (κ1) is 24.5. The third-order valence-corrected chi connectivity index (χ3v) is 6.16. The minimum atomic E-state index is -1.07. The first-order valence-electron chi connectivity index (χ1n) is 11.5. The van der Waals surface area contributed by atoms with Gasteiger partial charge < -0.3 is 29.6 Å². The van der Waals surface area contributed by atoms with E-state index in [0.29, 0.717) is 23.5 Å². The third-order valence-electron chi connectivity index (χ3n) is 6.16. The summed E-state index contributed by atoms with van der Waals surface area (Å²) in [5.41, 5.74) is 2.36. The van der Waals surface area contributed by atoms with Crippen LogP contribution in [-0.4, -0.2) is 55.3 Å². The maximum atomic E-state index is 12.7. The Balaban J connectivity index is 1.51. The largest absolute Gasteiger partial charge is 0.456 e. The number of rotatable bonds is 6. The third kappa shape index (κ3) is 5.54. The number of ether oxygens (including phenoxy) is 1. The number of nitriles is 1. The van der Waals surface area contributed by atoms with Crippen molar-refractivity contribution in [2.45, 2.75) is 38.3 Å². The van der Waals surface area contributed by atoms with Gasteiger partial charge in [-0.15, -0.1) is 0 Å². The average Bonchev–Trinajstić information content (AvgIpc) is 3.32. The molecule has 8 nitrogen and oxygen atoms in total. The van der Waals surface area contributed by atoms with Gasteiger partial charge in [-0.1, -0.05) is 18.2 Å². The van der Waals surface area contributed by atoms with E-state index in [9.17, 15) is 20.3 Å². The van der Waals surface area contributed by atoms with E-state index in [2.05, 4.69) is 28.4 Å². The van der Waals surface area contributed by atoms with Crippen molar-refractivity contribution in [1.29, 1.82) is 5.26 Å². The predicted octanol–water partition coefficient (Wildman–Crippen LogP) is 3.44. The molecule has 182 valence electrons. The van der Waals surface area contributed by atoms with E-state index in [-0.39, 0.29) is 18.5 Å². The van der Waals surface area contributed by atoms with Crippen molar-refractivity contribution in [3.8, 4) is 17.4 Å². The molecule has 0 aliphatic carbocycles. The standard InChI is InChI=1S/C27H29N3O5/c1-16(23(14-28)27(33)29-15-22-12-21(31)13-26(32)34-22)24-8-9-25(35-24)19-5-4-18-11-20(30(2)3)7-6-17(18)10-19/h4-11,21-22,26,31-32H,12-13,15H2,1-3H3,(H,29,33)/b23-16+. The summed E-state index contributed by atoms with van der Waals surface area (Å²) in [4.78, 5) is 14.7. The van der Waals surface area contributed by atoms with Crippen LogP contribution in [0.5, 0.6) is 0 Å². The van der Waals surface area contributed by atoms with Gasteiger partial charge >= 0.3 is 0 Å². The maximum Gasteiger partial charge on any atom is 0.262 e. The van der Waals surface area contributed by atoms with Crippen LogP contribution in [0, 0.1) is 11.3 Å². The molecule has 2 heterocycles. The molecule has 1 fully saturated rings. The van der Waals surface area contributed by atoms with Gasteiger partial charge in [0.25, 0.3) is 5.91 Å². The molecule has 2 aromatic carbocycles. The van der Waals surface area contributed by atoms with Gasteiger partial charge in [0.2, 0.25) is 0 Å². The van der Waals surface area contributed by atoms with Crippen LogP contribution >= 0.6 is 0 Å². The average molecular weight is 476 g/mol. The van der Waals surface area contributed by atoms with Crippen LogP contribution in [0.4, 0.5) is 5.69 Å². The molecule has 0 spiro atoms. The van der Waals surface area contributed by atoms with Crippen LogP contribution < -0.4 is 10.2 Å². The lowest BCUT2D eigenvalue weighted by atomic mass is 10.0. The Kier molecular flexibility index (Phi) is 7.22. The highest BCUT2D eigenvalue weighted by Crippen LogP contribution is 2.31. The number of furan rings is 1. The normalized spacial score (nSPS) is 20.7. The summed E-state index contributed by atoms with van der Waals surface area (Å²) in [6.07, 6.45) is -1.86. The molecule has 35 heavy (non-hydrogen) atoms. The molecule has 0 bridgehead atoms. The lowest BCUT2D eigenvalue weighted by molar-refractivity contribution is -0.187. The molecule has 1 aromatic heterocycles. The number of benzene rings is 2. The molecular formula is C27H29N3O5. The summed E-state index contributed by atoms with van der Waals surface area (Å²) in [6.45, 7) is 1.73. The number of hydrogen-bond acceptors (Lipinski definition) is 7. The highest BCUT2D eigenvalue weighted by Gasteiger charge is 2.27. The number of hydrogen-bond donors (Lipinski definition) is 3. The van der Waals surface area contributed by atoms with Crippen molar-refractivity contribution in [3.05, 3.63) is 59.9 Å². The second kappa shape index (κ2) is 10.3. The van der Waals surface area contributed by atoms with Crippen molar-refractivity contribution in [2.75, 3.05) is 25.5 Å². The van der Waals surface area contributed by atoms with Crippen molar-refractivity contribution in [1.82, 2.24) is 5.32 Å². The Labute approximate surface area is 204 Å². The van der Waals surface area contributed by atoms with Crippen LogP contribution in [0.25, 0.3) is 27.7 Å². The summed E-state index contributed by atoms with van der Waals surface area (Å²) < 4.78 is 11.3. The Bertz CT molecular complexity index is 1290. The molecule has 3 aromatic rings. The van der Waals surface area contributed by atoms with Crippen LogP contribution in [-0.2, 0) is 9.53 Å². The number of anilines is 1. The zero-order valence-corrected chi connectivity index (χ0v) is 20.0. The van der Waals surface area contributed by atoms with Crippen LogP contribution in [0.2, 0.25) is 0 Å². The van der Waals surface area contributed by atoms with Gasteiger partial charge in [-0.25, -0.2) is 0 Å². The molecule has 3 atom stereocenters. The predicted molar refractivity (Wildman–Crippen MR) is 133 cm³/mol. The highest BCUT2D eigenvalue weighted by atomic mass is 16.6. The van der Waals surface area contributed by atoms with E-state index < -0.39 is 24.4 Å². The van der Waals surface area contributed by atoms with E-state index in [1.165, 1.54) is 0 Å². The quantitative estimate of drug-likeness (QED) is 0.369. The minimum absolute atomic E-state index is 0.0709. The number of carbonyl (C=O) groups excluding carboxylic acids is 1. The van der Waals surface area contributed by atoms with E-state index in [4.69, 9.17) is 9.15 Å². The number of nitrogens with one attached hydrogen (secondary N) is 1. The smallest absolute Gasteiger partial charge is 0.262 e. The van der Waals surface area contributed by atoms with E-state index in [1.807, 2.05) is 44.4 Å². The van der Waals surface area contributed by atoms with Gasteiger partial charge in [0.1, 0.15) is 23.2 Å². The van der Waals surface area contributed by atoms with Gasteiger partial charge in [-0.3, -0.25) is 4.79 Å². The topological polar surface area (TPSA) is 119 Å². The van der Waals surface area contributed by atoms with Gasteiger partial charge in [0.05, 0.1) is 12.2 Å². The summed E-state index contributed by atoms with van der Waals surface area (Å²) in [6, 6.07) is 17.8. The Morgan fingerprint density at radius 3 is 2.57 bits per heavy atom. The van der Waals surface area contributed by atoms with Gasteiger partial charge in [-0.05, 0) is 48.0 Å². The molecule has 4 rings (SSSR count). The van der Waals surface area contributed by atoms with E-state index in [1.54, 1.807) is 13.0 Å². The number of allylic oxidation sites excluding steroid dienone is 1. The zero-order valence-electron chi connectivity index (χ0n) is 20.0. The van der Waals surface area contributed by atoms with Crippen molar-refractivity contribution in [3.63, 3.8) is 0 Å².